The second-order valence-electron chi connectivity index (χ2n) is 6.78. The van der Waals surface area contributed by atoms with Crippen molar-refractivity contribution in [3.05, 3.63) is 59.2 Å². The monoisotopic (exact) mass is 296 g/mol. The first kappa shape index (κ1) is 16.1. The molecule has 22 heavy (non-hydrogen) atoms. The summed E-state index contributed by atoms with van der Waals surface area (Å²) >= 11 is 0. The SMILES string of the molecule is Cc1cc(C)cc(NC(=O)Nc2ccc(C(C)(C)C)cc2)c1. The van der Waals surface area contributed by atoms with E-state index in [-0.39, 0.29) is 11.4 Å². The van der Waals surface area contributed by atoms with E-state index in [4.69, 9.17) is 0 Å². The molecule has 2 aromatic rings. The van der Waals surface area contributed by atoms with Crippen LogP contribution in [0, 0.1) is 13.8 Å². The van der Waals surface area contributed by atoms with E-state index >= 15 is 0 Å². The van der Waals surface area contributed by atoms with Crippen LogP contribution in [0.3, 0.4) is 0 Å². The van der Waals surface area contributed by atoms with Gasteiger partial charge < -0.3 is 10.6 Å². The lowest BCUT2D eigenvalue weighted by molar-refractivity contribution is 0.262. The van der Waals surface area contributed by atoms with Crippen LogP contribution in [-0.2, 0) is 5.41 Å². The maximum atomic E-state index is 12.1. The Morgan fingerprint density at radius 1 is 0.818 bits per heavy atom. The van der Waals surface area contributed by atoms with Crippen LogP contribution < -0.4 is 10.6 Å². The van der Waals surface area contributed by atoms with Crippen LogP contribution in [0.4, 0.5) is 16.2 Å². The Bertz CT molecular complexity index is 647. The molecule has 2 rings (SSSR count). The minimum Gasteiger partial charge on any atom is -0.308 e. The van der Waals surface area contributed by atoms with Gasteiger partial charge >= 0.3 is 6.03 Å². The fraction of sp³-hybridized carbons (Fsp3) is 0.316. The summed E-state index contributed by atoms with van der Waals surface area (Å²) in [7, 11) is 0. The maximum Gasteiger partial charge on any atom is 0.323 e. The van der Waals surface area contributed by atoms with Crippen molar-refractivity contribution in [3.8, 4) is 0 Å². The number of amides is 2. The van der Waals surface area contributed by atoms with Gasteiger partial charge in [-0.1, -0.05) is 39.0 Å². The van der Waals surface area contributed by atoms with E-state index in [2.05, 4.69) is 37.5 Å². The van der Waals surface area contributed by atoms with Crippen LogP contribution in [-0.4, -0.2) is 6.03 Å². The van der Waals surface area contributed by atoms with E-state index in [1.165, 1.54) is 5.56 Å². The van der Waals surface area contributed by atoms with Crippen LogP contribution in [0.15, 0.2) is 42.5 Å². The van der Waals surface area contributed by atoms with Crippen molar-refractivity contribution in [1.29, 1.82) is 0 Å². The van der Waals surface area contributed by atoms with E-state index in [0.29, 0.717) is 0 Å². The lowest BCUT2D eigenvalue weighted by Gasteiger charge is -2.19. The van der Waals surface area contributed by atoms with Crippen LogP contribution in [0.5, 0.6) is 0 Å². The Labute approximate surface area is 132 Å². The molecule has 0 bridgehead atoms. The van der Waals surface area contributed by atoms with Gasteiger partial charge in [0.2, 0.25) is 0 Å². The molecular formula is C19H24N2O. The third-order valence-electron chi connectivity index (χ3n) is 3.49. The summed E-state index contributed by atoms with van der Waals surface area (Å²) in [4.78, 5) is 12.1. The maximum absolute atomic E-state index is 12.1. The number of carbonyl (C=O) groups excluding carboxylic acids is 1. The van der Waals surface area contributed by atoms with Crippen molar-refractivity contribution in [2.75, 3.05) is 10.6 Å². The molecule has 2 N–H and O–H groups in total. The summed E-state index contributed by atoms with van der Waals surface area (Å²) in [6, 6.07) is 13.7. The topological polar surface area (TPSA) is 41.1 Å². The molecule has 0 saturated heterocycles. The van der Waals surface area contributed by atoms with E-state index < -0.39 is 0 Å². The molecule has 0 atom stereocenters. The van der Waals surface area contributed by atoms with E-state index in [0.717, 1.165) is 22.5 Å². The highest BCUT2D eigenvalue weighted by Gasteiger charge is 2.13. The molecule has 0 radical (unpaired) electrons. The summed E-state index contributed by atoms with van der Waals surface area (Å²) in [5.41, 5.74) is 5.21. The minimum atomic E-state index is -0.228. The predicted molar refractivity (Wildman–Crippen MR) is 93.7 cm³/mol. The van der Waals surface area contributed by atoms with Crippen LogP contribution >= 0.6 is 0 Å². The first-order valence-electron chi connectivity index (χ1n) is 7.51. The highest BCUT2D eigenvalue weighted by molar-refractivity contribution is 5.99. The average molecular weight is 296 g/mol. The largest absolute Gasteiger partial charge is 0.323 e. The first-order chi connectivity index (χ1) is 10.2. The Balaban J connectivity index is 2.03. The normalized spacial score (nSPS) is 11.1. The molecule has 0 aromatic heterocycles. The van der Waals surface area contributed by atoms with Gasteiger partial charge in [0.25, 0.3) is 0 Å². The molecule has 2 amide bonds. The fourth-order valence-electron chi connectivity index (χ4n) is 2.39. The van der Waals surface area contributed by atoms with Crippen molar-refractivity contribution < 1.29 is 4.79 Å². The number of carbonyl (C=O) groups is 1. The third-order valence-corrected chi connectivity index (χ3v) is 3.49. The highest BCUT2D eigenvalue weighted by atomic mass is 16.2. The molecule has 0 aliphatic carbocycles. The minimum absolute atomic E-state index is 0.111. The zero-order valence-corrected chi connectivity index (χ0v) is 13.9. The summed E-state index contributed by atoms with van der Waals surface area (Å²) in [5, 5.41) is 5.72. The first-order valence-corrected chi connectivity index (χ1v) is 7.51. The number of hydrogen-bond donors (Lipinski definition) is 2. The second kappa shape index (κ2) is 6.22. The molecule has 0 heterocycles. The summed E-state index contributed by atoms with van der Waals surface area (Å²) < 4.78 is 0. The van der Waals surface area contributed by atoms with E-state index in [1.54, 1.807) is 0 Å². The molecule has 0 saturated carbocycles. The Morgan fingerprint density at radius 2 is 1.32 bits per heavy atom. The van der Waals surface area contributed by atoms with Gasteiger partial charge in [0.15, 0.2) is 0 Å². The average Bonchev–Trinajstić information content (AvgIpc) is 2.36. The number of anilines is 2. The number of aryl methyl sites for hydroxylation is 2. The lowest BCUT2D eigenvalue weighted by Crippen LogP contribution is -2.19. The molecule has 0 unspecified atom stereocenters. The quantitative estimate of drug-likeness (QED) is 0.781. The zero-order valence-electron chi connectivity index (χ0n) is 13.9. The molecule has 0 fully saturated rings. The van der Waals surface area contributed by atoms with Crippen molar-refractivity contribution in [3.63, 3.8) is 0 Å². The Hall–Kier alpha value is -2.29. The van der Waals surface area contributed by atoms with Gasteiger partial charge in [0, 0.05) is 11.4 Å². The molecule has 3 nitrogen and oxygen atoms in total. The second-order valence-corrected chi connectivity index (χ2v) is 6.78. The molecular weight excluding hydrogens is 272 g/mol. The zero-order chi connectivity index (χ0) is 16.3. The highest BCUT2D eigenvalue weighted by Crippen LogP contribution is 2.23. The predicted octanol–water partition coefficient (Wildman–Crippen LogP) is 5.24. The van der Waals surface area contributed by atoms with Crippen molar-refractivity contribution >= 4 is 17.4 Å². The van der Waals surface area contributed by atoms with Crippen molar-refractivity contribution in [2.45, 2.75) is 40.0 Å². The Kier molecular flexibility index (Phi) is 4.55. The Morgan fingerprint density at radius 3 is 1.82 bits per heavy atom. The van der Waals surface area contributed by atoms with Gasteiger partial charge in [0.1, 0.15) is 0 Å². The van der Waals surface area contributed by atoms with Crippen molar-refractivity contribution in [2.24, 2.45) is 0 Å². The standard InChI is InChI=1S/C19H24N2O/c1-13-10-14(2)12-17(11-13)21-18(22)20-16-8-6-15(7-9-16)19(3,4)5/h6-12H,1-5H3,(H2,20,21,22). The van der Waals surface area contributed by atoms with Crippen molar-refractivity contribution in [1.82, 2.24) is 0 Å². The van der Waals surface area contributed by atoms with Gasteiger partial charge in [0.05, 0.1) is 0 Å². The number of rotatable bonds is 2. The number of nitrogens with one attached hydrogen (secondary N) is 2. The molecule has 0 aliphatic heterocycles. The van der Waals surface area contributed by atoms with E-state index in [9.17, 15) is 4.79 Å². The van der Waals surface area contributed by atoms with Crippen LogP contribution in [0.25, 0.3) is 0 Å². The molecule has 116 valence electrons. The summed E-state index contributed by atoms with van der Waals surface area (Å²) in [6.07, 6.45) is 0. The summed E-state index contributed by atoms with van der Waals surface area (Å²) in [6.45, 7) is 10.5. The summed E-state index contributed by atoms with van der Waals surface area (Å²) in [5.74, 6) is 0. The van der Waals surface area contributed by atoms with Gasteiger partial charge in [-0.2, -0.15) is 0 Å². The molecule has 0 spiro atoms. The van der Waals surface area contributed by atoms with E-state index in [1.807, 2.05) is 50.2 Å². The van der Waals surface area contributed by atoms with Gasteiger partial charge in [-0.15, -0.1) is 0 Å². The van der Waals surface area contributed by atoms with Gasteiger partial charge in [-0.3, -0.25) is 0 Å². The lowest BCUT2D eigenvalue weighted by atomic mass is 9.87. The van der Waals surface area contributed by atoms with Crippen LogP contribution in [0.2, 0.25) is 0 Å². The smallest absolute Gasteiger partial charge is 0.308 e. The molecule has 0 aliphatic rings. The fourth-order valence-corrected chi connectivity index (χ4v) is 2.39. The van der Waals surface area contributed by atoms with Crippen LogP contribution in [0.1, 0.15) is 37.5 Å². The third kappa shape index (κ3) is 4.35. The van der Waals surface area contributed by atoms with Gasteiger partial charge in [-0.25, -0.2) is 4.79 Å². The number of benzene rings is 2. The molecule has 2 aromatic carbocycles. The van der Waals surface area contributed by atoms with Gasteiger partial charge in [-0.05, 0) is 60.2 Å². The number of urea groups is 1. The molecule has 3 heteroatoms. The number of hydrogen-bond acceptors (Lipinski definition) is 1.